The summed E-state index contributed by atoms with van der Waals surface area (Å²) in [6.07, 6.45) is 16.6. The molecule has 0 N–H and O–H groups in total. The minimum atomic E-state index is 0.696. The van der Waals surface area contributed by atoms with E-state index in [-0.39, 0.29) is 0 Å². The molecule has 0 radical (unpaired) electrons. The molecule has 0 nitrogen and oxygen atoms in total. The first kappa shape index (κ1) is 10.5. The van der Waals surface area contributed by atoms with Crippen LogP contribution in [0.25, 0.3) is 0 Å². The SMILES string of the molecule is CC(C)C1=CC(C2=CCCC=C2)=CCC1. The number of hydrogen-bond donors (Lipinski definition) is 0. The van der Waals surface area contributed by atoms with Crippen molar-refractivity contribution in [2.24, 2.45) is 5.92 Å². The molecule has 0 heterocycles. The summed E-state index contributed by atoms with van der Waals surface area (Å²) in [4.78, 5) is 0. The van der Waals surface area contributed by atoms with Gasteiger partial charge in [0.1, 0.15) is 0 Å². The molecular formula is C15H20. The van der Waals surface area contributed by atoms with Crippen molar-refractivity contribution in [2.45, 2.75) is 39.5 Å². The van der Waals surface area contributed by atoms with Gasteiger partial charge in [0.2, 0.25) is 0 Å². The first-order valence-electron chi connectivity index (χ1n) is 6.05. The predicted molar refractivity (Wildman–Crippen MR) is 66.7 cm³/mol. The molecule has 0 atom stereocenters. The third-order valence-corrected chi connectivity index (χ3v) is 3.21. The fourth-order valence-electron chi connectivity index (χ4n) is 2.21. The van der Waals surface area contributed by atoms with Crippen LogP contribution < -0.4 is 0 Å². The zero-order valence-electron chi connectivity index (χ0n) is 9.79. The topological polar surface area (TPSA) is 0 Å². The summed E-state index contributed by atoms with van der Waals surface area (Å²) >= 11 is 0. The average Bonchev–Trinajstić information content (AvgIpc) is 2.30. The van der Waals surface area contributed by atoms with E-state index in [1.54, 1.807) is 5.57 Å². The van der Waals surface area contributed by atoms with Crippen molar-refractivity contribution < 1.29 is 0 Å². The van der Waals surface area contributed by atoms with Crippen LogP contribution in [0.5, 0.6) is 0 Å². The molecular weight excluding hydrogens is 180 g/mol. The lowest BCUT2D eigenvalue weighted by Gasteiger charge is -2.18. The second-order valence-corrected chi connectivity index (χ2v) is 4.71. The Labute approximate surface area is 93.1 Å². The van der Waals surface area contributed by atoms with Crippen LogP contribution in [0, 0.1) is 5.92 Å². The molecule has 80 valence electrons. The van der Waals surface area contributed by atoms with E-state index < -0.39 is 0 Å². The molecule has 2 aliphatic rings. The van der Waals surface area contributed by atoms with Crippen molar-refractivity contribution in [3.63, 3.8) is 0 Å². The van der Waals surface area contributed by atoms with Gasteiger partial charge in [0.15, 0.2) is 0 Å². The second-order valence-electron chi connectivity index (χ2n) is 4.71. The van der Waals surface area contributed by atoms with Crippen LogP contribution in [-0.4, -0.2) is 0 Å². The fourth-order valence-corrected chi connectivity index (χ4v) is 2.21. The summed E-state index contributed by atoms with van der Waals surface area (Å²) < 4.78 is 0. The van der Waals surface area contributed by atoms with Crippen LogP contribution in [0.15, 0.2) is 47.1 Å². The van der Waals surface area contributed by atoms with Crippen molar-refractivity contribution in [1.29, 1.82) is 0 Å². The Hall–Kier alpha value is -1.04. The molecule has 0 aromatic rings. The molecule has 0 bridgehead atoms. The zero-order chi connectivity index (χ0) is 10.7. The number of hydrogen-bond acceptors (Lipinski definition) is 0. The van der Waals surface area contributed by atoms with Crippen molar-refractivity contribution >= 4 is 0 Å². The minimum absolute atomic E-state index is 0.696. The summed E-state index contributed by atoms with van der Waals surface area (Å²) in [5.41, 5.74) is 4.48. The van der Waals surface area contributed by atoms with Gasteiger partial charge in [0.25, 0.3) is 0 Å². The molecule has 0 saturated heterocycles. The standard InChI is InChI=1S/C15H20/c1-12(2)14-9-6-10-15(11-14)13-7-4-3-5-8-13/h4,7-8,10-12H,3,5-6,9H2,1-2H3. The van der Waals surface area contributed by atoms with Gasteiger partial charge in [-0.15, -0.1) is 0 Å². The Bertz CT molecular complexity index is 348. The van der Waals surface area contributed by atoms with Gasteiger partial charge >= 0.3 is 0 Å². The first-order valence-corrected chi connectivity index (χ1v) is 6.05. The van der Waals surface area contributed by atoms with Crippen LogP contribution in [0.4, 0.5) is 0 Å². The van der Waals surface area contributed by atoms with E-state index in [1.807, 2.05) is 0 Å². The van der Waals surface area contributed by atoms with Gasteiger partial charge in [-0.3, -0.25) is 0 Å². The van der Waals surface area contributed by atoms with Gasteiger partial charge in [-0.25, -0.2) is 0 Å². The van der Waals surface area contributed by atoms with Crippen LogP contribution in [0.3, 0.4) is 0 Å². The van der Waals surface area contributed by atoms with Crippen molar-refractivity contribution in [3.05, 3.63) is 47.1 Å². The highest BCUT2D eigenvalue weighted by Crippen LogP contribution is 2.29. The molecule has 0 unspecified atom stereocenters. The normalized spacial score (nSPS) is 21.1. The van der Waals surface area contributed by atoms with E-state index in [0.717, 1.165) is 0 Å². The molecule has 2 aliphatic carbocycles. The monoisotopic (exact) mass is 200 g/mol. The third-order valence-electron chi connectivity index (χ3n) is 3.21. The van der Waals surface area contributed by atoms with Crippen LogP contribution in [0.2, 0.25) is 0 Å². The summed E-state index contributed by atoms with van der Waals surface area (Å²) in [5, 5.41) is 0. The molecule has 0 aromatic carbocycles. The smallest absolute Gasteiger partial charge is 0.0228 e. The summed E-state index contributed by atoms with van der Waals surface area (Å²) in [7, 11) is 0. The minimum Gasteiger partial charge on any atom is -0.0836 e. The average molecular weight is 200 g/mol. The Morgan fingerprint density at radius 2 is 1.80 bits per heavy atom. The van der Waals surface area contributed by atoms with E-state index in [9.17, 15) is 0 Å². The maximum absolute atomic E-state index is 2.40. The van der Waals surface area contributed by atoms with Gasteiger partial charge in [0.05, 0.1) is 0 Å². The van der Waals surface area contributed by atoms with Crippen LogP contribution in [0.1, 0.15) is 39.5 Å². The van der Waals surface area contributed by atoms with Crippen LogP contribution in [-0.2, 0) is 0 Å². The molecule has 0 saturated carbocycles. The summed E-state index contributed by atoms with van der Waals surface area (Å²) in [5.74, 6) is 0.696. The van der Waals surface area contributed by atoms with E-state index in [2.05, 4.69) is 44.2 Å². The Balaban J connectivity index is 2.19. The quantitative estimate of drug-likeness (QED) is 0.612. The molecule has 0 heteroatoms. The van der Waals surface area contributed by atoms with Crippen molar-refractivity contribution in [2.75, 3.05) is 0 Å². The van der Waals surface area contributed by atoms with E-state index in [1.165, 1.54) is 36.8 Å². The lowest BCUT2D eigenvalue weighted by Crippen LogP contribution is -2.01. The highest BCUT2D eigenvalue weighted by molar-refractivity contribution is 5.50. The Morgan fingerprint density at radius 1 is 1.00 bits per heavy atom. The molecule has 0 spiro atoms. The van der Waals surface area contributed by atoms with Gasteiger partial charge in [-0.1, -0.05) is 49.8 Å². The predicted octanol–water partition coefficient (Wildman–Crippen LogP) is 4.57. The largest absolute Gasteiger partial charge is 0.0836 e. The molecule has 0 aliphatic heterocycles. The molecule has 0 amide bonds. The van der Waals surface area contributed by atoms with Gasteiger partial charge in [0, 0.05) is 0 Å². The number of allylic oxidation sites excluding steroid dienone is 8. The number of rotatable bonds is 2. The maximum atomic E-state index is 2.40. The third kappa shape index (κ3) is 2.50. The highest BCUT2D eigenvalue weighted by Gasteiger charge is 2.10. The maximum Gasteiger partial charge on any atom is -0.0228 e. The Morgan fingerprint density at radius 3 is 2.47 bits per heavy atom. The van der Waals surface area contributed by atoms with E-state index >= 15 is 0 Å². The summed E-state index contributed by atoms with van der Waals surface area (Å²) in [6.45, 7) is 4.58. The van der Waals surface area contributed by atoms with Crippen LogP contribution >= 0.6 is 0 Å². The van der Waals surface area contributed by atoms with Gasteiger partial charge in [-0.2, -0.15) is 0 Å². The Kier molecular flexibility index (Phi) is 3.25. The zero-order valence-corrected chi connectivity index (χ0v) is 9.79. The lowest BCUT2D eigenvalue weighted by molar-refractivity contribution is 0.706. The van der Waals surface area contributed by atoms with E-state index in [0.29, 0.717) is 5.92 Å². The van der Waals surface area contributed by atoms with Gasteiger partial charge in [-0.05, 0) is 42.7 Å². The molecule has 2 rings (SSSR count). The molecule has 0 aromatic heterocycles. The molecule has 15 heavy (non-hydrogen) atoms. The first-order chi connectivity index (χ1) is 7.27. The van der Waals surface area contributed by atoms with Crippen molar-refractivity contribution in [3.8, 4) is 0 Å². The highest BCUT2D eigenvalue weighted by atomic mass is 14.2. The van der Waals surface area contributed by atoms with E-state index in [4.69, 9.17) is 0 Å². The lowest BCUT2D eigenvalue weighted by atomic mass is 9.87. The fraction of sp³-hybridized carbons (Fsp3) is 0.467. The molecule has 0 fully saturated rings. The second kappa shape index (κ2) is 4.65. The van der Waals surface area contributed by atoms with Gasteiger partial charge < -0.3 is 0 Å². The summed E-state index contributed by atoms with van der Waals surface area (Å²) in [6, 6.07) is 0. The van der Waals surface area contributed by atoms with Crippen molar-refractivity contribution in [1.82, 2.24) is 0 Å².